The fourth-order valence-electron chi connectivity index (χ4n) is 3.51. The summed E-state index contributed by atoms with van der Waals surface area (Å²) in [7, 11) is 0. The number of carbonyl (C=O) groups is 1. The number of nitro benzene ring substituents is 1. The van der Waals surface area contributed by atoms with Crippen LogP contribution in [0, 0.1) is 10.1 Å². The molecule has 2 aliphatic rings. The Balaban J connectivity index is 1.48. The first-order valence-electron chi connectivity index (χ1n) is 9.33. The molecular weight excluding hydrogens is 378 g/mol. The Morgan fingerprint density at radius 3 is 2.93 bits per heavy atom. The number of amides is 1. The molecule has 1 saturated carbocycles. The summed E-state index contributed by atoms with van der Waals surface area (Å²) in [6.07, 6.45) is 5.62. The van der Waals surface area contributed by atoms with E-state index < -0.39 is 4.92 Å². The van der Waals surface area contributed by atoms with E-state index in [1.54, 1.807) is 17.0 Å². The second-order valence-corrected chi connectivity index (χ2v) is 7.96. The maximum atomic E-state index is 12.9. The van der Waals surface area contributed by atoms with Gasteiger partial charge in [0.25, 0.3) is 5.69 Å². The first kappa shape index (κ1) is 18.7. The zero-order valence-electron chi connectivity index (χ0n) is 15.4. The van der Waals surface area contributed by atoms with Gasteiger partial charge in [0.2, 0.25) is 5.91 Å². The maximum Gasteiger partial charge on any atom is 0.269 e. The lowest BCUT2D eigenvalue weighted by Crippen LogP contribution is -2.36. The van der Waals surface area contributed by atoms with Gasteiger partial charge >= 0.3 is 0 Å². The van der Waals surface area contributed by atoms with Crippen molar-refractivity contribution in [1.29, 1.82) is 0 Å². The molecule has 0 bridgehead atoms. The third kappa shape index (κ3) is 3.66. The first-order valence-corrected chi connectivity index (χ1v) is 10.3. The van der Waals surface area contributed by atoms with Crippen LogP contribution >= 0.6 is 11.8 Å². The number of rotatable bonds is 7. The molecule has 0 N–H and O–H groups in total. The number of nitro groups is 1. The number of hydrogen-bond donors (Lipinski definition) is 0. The van der Waals surface area contributed by atoms with Crippen LogP contribution in [-0.2, 0) is 17.8 Å². The average molecular weight is 399 g/mol. The standard InChI is InChI=1S/C19H21N5O3S/c1-2-9-23-18(13-5-6-13)20-21-19(23)28-12-17(25)22-10-3-4-14-11-15(24(26)27)7-8-16(14)22/h2,7-8,11,13H,1,3-6,9-10,12H2. The Labute approximate surface area is 166 Å². The van der Waals surface area contributed by atoms with E-state index in [2.05, 4.69) is 16.8 Å². The van der Waals surface area contributed by atoms with E-state index in [0.717, 1.165) is 47.9 Å². The summed E-state index contributed by atoms with van der Waals surface area (Å²) in [5, 5.41) is 20.3. The fraction of sp³-hybridized carbons (Fsp3) is 0.421. The predicted octanol–water partition coefficient (Wildman–Crippen LogP) is 3.32. The fourth-order valence-corrected chi connectivity index (χ4v) is 4.34. The quantitative estimate of drug-likeness (QED) is 0.307. The SMILES string of the molecule is C=CCn1c(SCC(=O)N2CCCc3cc([N+](=O)[O-])ccc32)nnc1C1CC1. The second-order valence-electron chi connectivity index (χ2n) is 7.02. The van der Waals surface area contributed by atoms with Crippen LogP contribution in [0.2, 0.25) is 0 Å². The molecule has 8 nitrogen and oxygen atoms in total. The number of carbonyl (C=O) groups excluding carboxylic acids is 1. The minimum absolute atomic E-state index is 0.0269. The van der Waals surface area contributed by atoms with E-state index in [0.29, 0.717) is 19.0 Å². The maximum absolute atomic E-state index is 12.9. The molecule has 146 valence electrons. The monoisotopic (exact) mass is 399 g/mol. The van der Waals surface area contributed by atoms with E-state index in [-0.39, 0.29) is 17.3 Å². The number of fused-ring (bicyclic) bond motifs is 1. The van der Waals surface area contributed by atoms with E-state index in [4.69, 9.17) is 0 Å². The summed E-state index contributed by atoms with van der Waals surface area (Å²) in [5.74, 6) is 1.67. The van der Waals surface area contributed by atoms with Crippen molar-refractivity contribution >= 4 is 29.0 Å². The highest BCUT2D eigenvalue weighted by molar-refractivity contribution is 7.99. The molecule has 1 aliphatic carbocycles. The van der Waals surface area contributed by atoms with Gasteiger partial charge in [-0.1, -0.05) is 17.8 Å². The van der Waals surface area contributed by atoms with Crippen LogP contribution in [0.1, 0.15) is 36.6 Å². The van der Waals surface area contributed by atoms with Gasteiger partial charge in [0.15, 0.2) is 5.16 Å². The number of benzene rings is 1. The molecule has 0 spiro atoms. The van der Waals surface area contributed by atoms with Gasteiger partial charge in [-0.05, 0) is 37.3 Å². The van der Waals surface area contributed by atoms with Gasteiger partial charge in [0, 0.05) is 36.8 Å². The smallest absolute Gasteiger partial charge is 0.269 e. The number of aryl methyl sites for hydroxylation is 1. The Bertz CT molecular complexity index is 938. The van der Waals surface area contributed by atoms with E-state index in [1.807, 2.05) is 10.6 Å². The summed E-state index contributed by atoms with van der Waals surface area (Å²) < 4.78 is 2.04. The van der Waals surface area contributed by atoms with Crippen molar-refractivity contribution in [2.24, 2.45) is 0 Å². The molecule has 0 saturated heterocycles. The van der Waals surface area contributed by atoms with Crippen molar-refractivity contribution in [2.45, 2.75) is 43.3 Å². The molecule has 1 aliphatic heterocycles. The first-order chi connectivity index (χ1) is 13.6. The van der Waals surface area contributed by atoms with Crippen molar-refractivity contribution in [3.05, 3.63) is 52.4 Å². The molecule has 2 aromatic rings. The van der Waals surface area contributed by atoms with Gasteiger partial charge in [0.1, 0.15) is 5.82 Å². The summed E-state index contributed by atoms with van der Waals surface area (Å²) in [4.78, 5) is 25.2. The topological polar surface area (TPSA) is 94.2 Å². The van der Waals surface area contributed by atoms with E-state index in [9.17, 15) is 14.9 Å². The van der Waals surface area contributed by atoms with Crippen LogP contribution in [0.3, 0.4) is 0 Å². The predicted molar refractivity (Wildman–Crippen MR) is 107 cm³/mol. The molecule has 1 fully saturated rings. The molecule has 0 radical (unpaired) electrons. The normalized spacial score (nSPS) is 15.9. The van der Waals surface area contributed by atoms with Crippen molar-refractivity contribution in [2.75, 3.05) is 17.2 Å². The average Bonchev–Trinajstić information content (AvgIpc) is 3.47. The highest BCUT2D eigenvalue weighted by Gasteiger charge is 2.30. The second kappa shape index (κ2) is 7.75. The Hall–Kier alpha value is -2.68. The number of hydrogen-bond acceptors (Lipinski definition) is 6. The summed E-state index contributed by atoms with van der Waals surface area (Å²) in [6, 6.07) is 4.71. The zero-order valence-corrected chi connectivity index (χ0v) is 16.2. The van der Waals surface area contributed by atoms with Gasteiger partial charge in [-0.2, -0.15) is 0 Å². The number of nitrogens with zero attached hydrogens (tertiary/aromatic N) is 5. The summed E-state index contributed by atoms with van der Waals surface area (Å²) in [5.41, 5.74) is 1.69. The number of anilines is 1. The lowest BCUT2D eigenvalue weighted by molar-refractivity contribution is -0.384. The largest absolute Gasteiger partial charge is 0.311 e. The molecule has 1 amide bonds. The lowest BCUT2D eigenvalue weighted by Gasteiger charge is -2.29. The molecule has 0 atom stereocenters. The van der Waals surface area contributed by atoms with Gasteiger partial charge in [-0.15, -0.1) is 16.8 Å². The molecular formula is C19H21N5O3S. The van der Waals surface area contributed by atoms with Gasteiger partial charge < -0.3 is 9.47 Å². The molecule has 1 aromatic carbocycles. The minimum Gasteiger partial charge on any atom is -0.311 e. The van der Waals surface area contributed by atoms with Crippen molar-refractivity contribution in [3.63, 3.8) is 0 Å². The molecule has 1 aromatic heterocycles. The van der Waals surface area contributed by atoms with Crippen LogP contribution in [0.15, 0.2) is 36.0 Å². The van der Waals surface area contributed by atoms with Crippen LogP contribution in [0.25, 0.3) is 0 Å². The van der Waals surface area contributed by atoms with Gasteiger partial charge in [-0.3, -0.25) is 14.9 Å². The van der Waals surface area contributed by atoms with Gasteiger partial charge in [-0.25, -0.2) is 0 Å². The van der Waals surface area contributed by atoms with Crippen LogP contribution in [0.4, 0.5) is 11.4 Å². The highest BCUT2D eigenvalue weighted by Crippen LogP contribution is 2.40. The number of non-ortho nitro benzene ring substituents is 1. The van der Waals surface area contributed by atoms with E-state index in [1.165, 1.54) is 17.8 Å². The van der Waals surface area contributed by atoms with Crippen molar-refractivity contribution in [3.8, 4) is 0 Å². The highest BCUT2D eigenvalue weighted by atomic mass is 32.2. The van der Waals surface area contributed by atoms with Gasteiger partial charge in [0.05, 0.1) is 10.7 Å². The molecule has 9 heteroatoms. The lowest BCUT2D eigenvalue weighted by atomic mass is 10.0. The number of thioether (sulfide) groups is 1. The van der Waals surface area contributed by atoms with Crippen molar-refractivity contribution in [1.82, 2.24) is 14.8 Å². The molecule has 2 heterocycles. The Morgan fingerprint density at radius 2 is 2.21 bits per heavy atom. The molecule has 4 rings (SSSR count). The Kier molecular flexibility index (Phi) is 5.17. The van der Waals surface area contributed by atoms with E-state index >= 15 is 0 Å². The molecule has 28 heavy (non-hydrogen) atoms. The number of aromatic nitrogens is 3. The third-order valence-electron chi connectivity index (χ3n) is 5.02. The molecule has 0 unspecified atom stereocenters. The zero-order chi connectivity index (χ0) is 19.7. The van der Waals surface area contributed by atoms with Crippen molar-refractivity contribution < 1.29 is 9.72 Å². The summed E-state index contributed by atoms with van der Waals surface area (Å²) >= 11 is 1.38. The minimum atomic E-state index is -0.402. The Morgan fingerprint density at radius 1 is 1.39 bits per heavy atom. The third-order valence-corrected chi connectivity index (χ3v) is 5.97. The van der Waals surface area contributed by atoms with Crippen LogP contribution in [-0.4, -0.2) is 37.9 Å². The van der Waals surface area contributed by atoms with Crippen LogP contribution < -0.4 is 4.90 Å². The number of allylic oxidation sites excluding steroid dienone is 1. The van der Waals surface area contributed by atoms with Crippen LogP contribution in [0.5, 0.6) is 0 Å². The summed E-state index contributed by atoms with van der Waals surface area (Å²) in [6.45, 7) is 5.05.